The molecule has 1 saturated carbocycles. The third kappa shape index (κ3) is 3.95. The molecule has 19 heavy (non-hydrogen) atoms. The molecule has 112 valence electrons. The summed E-state index contributed by atoms with van der Waals surface area (Å²) < 4.78 is 0. The lowest BCUT2D eigenvalue weighted by Gasteiger charge is -2.52. The molecule has 1 atom stereocenters. The average Bonchev–Trinajstić information content (AvgIpc) is 2.42. The molecule has 0 aromatic carbocycles. The van der Waals surface area contributed by atoms with Crippen molar-refractivity contribution in [1.29, 1.82) is 0 Å². The number of nitrogens with one attached hydrogen (secondary N) is 1. The van der Waals surface area contributed by atoms with Gasteiger partial charge in [-0.05, 0) is 44.6 Å². The van der Waals surface area contributed by atoms with Crippen molar-refractivity contribution < 1.29 is 0 Å². The van der Waals surface area contributed by atoms with Crippen LogP contribution in [0.3, 0.4) is 0 Å². The first-order valence-corrected chi connectivity index (χ1v) is 8.65. The van der Waals surface area contributed by atoms with Crippen molar-refractivity contribution in [2.45, 2.75) is 83.7 Å². The van der Waals surface area contributed by atoms with Gasteiger partial charge < -0.3 is 5.32 Å². The van der Waals surface area contributed by atoms with Gasteiger partial charge in [0.25, 0.3) is 0 Å². The van der Waals surface area contributed by atoms with Gasteiger partial charge in [-0.3, -0.25) is 4.90 Å². The van der Waals surface area contributed by atoms with Crippen LogP contribution in [-0.2, 0) is 0 Å². The van der Waals surface area contributed by atoms with Gasteiger partial charge in [0, 0.05) is 24.7 Å². The molecule has 1 heterocycles. The summed E-state index contributed by atoms with van der Waals surface area (Å²) >= 11 is 0. The highest BCUT2D eigenvalue weighted by Crippen LogP contribution is 2.35. The molecule has 1 aliphatic heterocycles. The summed E-state index contributed by atoms with van der Waals surface area (Å²) in [7, 11) is 0. The predicted octanol–water partition coefficient (Wildman–Crippen LogP) is 3.81. The first-order valence-electron chi connectivity index (χ1n) is 8.65. The Morgan fingerprint density at radius 1 is 1.21 bits per heavy atom. The van der Waals surface area contributed by atoms with Crippen LogP contribution in [0.1, 0.15) is 72.1 Å². The zero-order valence-electron chi connectivity index (χ0n) is 13.4. The zero-order chi connectivity index (χ0) is 13.7. The summed E-state index contributed by atoms with van der Waals surface area (Å²) in [5.74, 6) is 0.854. The van der Waals surface area contributed by atoms with E-state index < -0.39 is 0 Å². The Kier molecular flexibility index (Phi) is 5.70. The lowest BCUT2D eigenvalue weighted by molar-refractivity contribution is 0.00765. The molecule has 1 unspecified atom stereocenters. The van der Waals surface area contributed by atoms with Crippen molar-refractivity contribution in [2.24, 2.45) is 5.92 Å². The second-order valence-corrected chi connectivity index (χ2v) is 7.25. The quantitative estimate of drug-likeness (QED) is 0.814. The molecular weight excluding hydrogens is 232 g/mol. The van der Waals surface area contributed by atoms with Gasteiger partial charge in [0.1, 0.15) is 0 Å². The van der Waals surface area contributed by atoms with Crippen LogP contribution in [0.4, 0.5) is 0 Å². The standard InChI is InChI=1S/C17H34N2/c1-4-16-13-19(12-8-9-15(2)3)17(14-18-16)10-6-5-7-11-17/h15-16,18H,4-14H2,1-3H3. The highest BCUT2D eigenvalue weighted by atomic mass is 15.3. The second-order valence-electron chi connectivity index (χ2n) is 7.25. The van der Waals surface area contributed by atoms with Crippen molar-refractivity contribution in [2.75, 3.05) is 19.6 Å². The summed E-state index contributed by atoms with van der Waals surface area (Å²) in [5.41, 5.74) is 0.515. The second kappa shape index (κ2) is 7.08. The maximum Gasteiger partial charge on any atom is 0.0334 e. The molecule has 0 aromatic rings. The molecule has 1 saturated heterocycles. The van der Waals surface area contributed by atoms with Crippen LogP contribution in [-0.4, -0.2) is 36.1 Å². The van der Waals surface area contributed by atoms with Crippen LogP contribution < -0.4 is 5.32 Å². The topological polar surface area (TPSA) is 15.3 Å². The molecule has 2 aliphatic rings. The van der Waals surface area contributed by atoms with Crippen LogP contribution in [0.2, 0.25) is 0 Å². The molecule has 0 bridgehead atoms. The van der Waals surface area contributed by atoms with Gasteiger partial charge >= 0.3 is 0 Å². The van der Waals surface area contributed by atoms with Crippen molar-refractivity contribution in [3.63, 3.8) is 0 Å². The molecule has 2 heteroatoms. The number of piperazine rings is 1. The first-order chi connectivity index (χ1) is 9.16. The van der Waals surface area contributed by atoms with Gasteiger partial charge in [0.2, 0.25) is 0 Å². The van der Waals surface area contributed by atoms with E-state index in [9.17, 15) is 0 Å². The van der Waals surface area contributed by atoms with Crippen LogP contribution >= 0.6 is 0 Å². The SMILES string of the molecule is CCC1CN(CCCC(C)C)C2(CCCCC2)CN1. The number of hydrogen-bond donors (Lipinski definition) is 1. The Morgan fingerprint density at radius 3 is 2.58 bits per heavy atom. The van der Waals surface area contributed by atoms with Crippen LogP contribution in [0.5, 0.6) is 0 Å². The van der Waals surface area contributed by atoms with Gasteiger partial charge in [-0.25, -0.2) is 0 Å². The summed E-state index contributed by atoms with van der Waals surface area (Å²) in [6, 6.07) is 0.728. The summed E-state index contributed by atoms with van der Waals surface area (Å²) in [4.78, 5) is 2.87. The Balaban J connectivity index is 1.94. The van der Waals surface area contributed by atoms with Gasteiger partial charge in [-0.1, -0.05) is 40.0 Å². The van der Waals surface area contributed by atoms with Crippen molar-refractivity contribution >= 4 is 0 Å². The molecule has 1 N–H and O–H groups in total. The van der Waals surface area contributed by atoms with E-state index in [1.807, 2.05) is 0 Å². The highest BCUT2D eigenvalue weighted by molar-refractivity contribution is 5.00. The van der Waals surface area contributed by atoms with E-state index in [4.69, 9.17) is 0 Å². The van der Waals surface area contributed by atoms with Crippen molar-refractivity contribution in [1.82, 2.24) is 10.2 Å². The Hall–Kier alpha value is -0.0800. The number of hydrogen-bond acceptors (Lipinski definition) is 2. The number of rotatable bonds is 5. The summed E-state index contributed by atoms with van der Waals surface area (Å²) in [6.07, 6.45) is 11.2. The summed E-state index contributed by atoms with van der Waals surface area (Å²) in [6.45, 7) is 10.9. The van der Waals surface area contributed by atoms with Crippen LogP contribution in [0, 0.1) is 5.92 Å². The minimum atomic E-state index is 0.515. The maximum absolute atomic E-state index is 3.82. The lowest BCUT2D eigenvalue weighted by Crippen LogP contribution is -2.65. The smallest absolute Gasteiger partial charge is 0.0334 e. The third-order valence-corrected chi connectivity index (χ3v) is 5.32. The molecular formula is C17H34N2. The third-order valence-electron chi connectivity index (χ3n) is 5.32. The van der Waals surface area contributed by atoms with Gasteiger partial charge in [-0.15, -0.1) is 0 Å². The fraction of sp³-hybridized carbons (Fsp3) is 1.00. The van der Waals surface area contributed by atoms with E-state index in [1.54, 1.807) is 0 Å². The molecule has 0 radical (unpaired) electrons. The fourth-order valence-electron chi connectivity index (χ4n) is 3.97. The van der Waals surface area contributed by atoms with E-state index >= 15 is 0 Å². The predicted molar refractivity (Wildman–Crippen MR) is 83.5 cm³/mol. The van der Waals surface area contributed by atoms with Gasteiger partial charge in [0.05, 0.1) is 0 Å². The molecule has 2 rings (SSSR count). The molecule has 1 aliphatic carbocycles. The summed E-state index contributed by atoms with van der Waals surface area (Å²) in [5, 5.41) is 3.82. The Labute approximate surface area is 120 Å². The molecule has 1 spiro atoms. The minimum Gasteiger partial charge on any atom is -0.311 e. The van der Waals surface area contributed by atoms with E-state index in [1.165, 1.54) is 71.0 Å². The zero-order valence-corrected chi connectivity index (χ0v) is 13.4. The molecule has 2 nitrogen and oxygen atoms in total. The normalized spacial score (nSPS) is 28.1. The van der Waals surface area contributed by atoms with E-state index in [-0.39, 0.29) is 0 Å². The highest BCUT2D eigenvalue weighted by Gasteiger charge is 2.41. The minimum absolute atomic E-state index is 0.515. The lowest BCUT2D eigenvalue weighted by atomic mass is 9.78. The number of nitrogens with zero attached hydrogens (tertiary/aromatic N) is 1. The maximum atomic E-state index is 3.82. The van der Waals surface area contributed by atoms with Gasteiger partial charge in [0.15, 0.2) is 0 Å². The Morgan fingerprint density at radius 2 is 1.95 bits per heavy atom. The van der Waals surface area contributed by atoms with E-state index in [0.29, 0.717) is 5.54 Å². The monoisotopic (exact) mass is 266 g/mol. The molecule has 0 amide bonds. The first kappa shape index (κ1) is 15.3. The van der Waals surface area contributed by atoms with E-state index in [2.05, 4.69) is 31.0 Å². The fourth-order valence-corrected chi connectivity index (χ4v) is 3.97. The van der Waals surface area contributed by atoms with Crippen LogP contribution in [0.25, 0.3) is 0 Å². The molecule has 0 aromatic heterocycles. The van der Waals surface area contributed by atoms with Crippen molar-refractivity contribution in [3.05, 3.63) is 0 Å². The van der Waals surface area contributed by atoms with E-state index in [0.717, 1.165) is 12.0 Å². The van der Waals surface area contributed by atoms with Gasteiger partial charge in [-0.2, -0.15) is 0 Å². The largest absolute Gasteiger partial charge is 0.311 e. The molecule has 2 fully saturated rings. The average molecular weight is 266 g/mol. The van der Waals surface area contributed by atoms with Crippen LogP contribution in [0.15, 0.2) is 0 Å². The van der Waals surface area contributed by atoms with Crippen molar-refractivity contribution in [3.8, 4) is 0 Å². The Bertz CT molecular complexity index is 256.